The number of carbonyl (C=O) groups is 1. The van der Waals surface area contributed by atoms with Crippen molar-refractivity contribution in [3.8, 4) is 11.4 Å². The first-order chi connectivity index (χ1) is 8.70. The average molecular weight is 264 g/mol. The maximum absolute atomic E-state index is 11.0. The molecule has 0 N–H and O–H groups in total. The Hall–Kier alpha value is -1.89. The molecule has 7 heteroatoms. The second-order valence-electron chi connectivity index (χ2n) is 3.56. The van der Waals surface area contributed by atoms with Crippen molar-refractivity contribution in [2.75, 3.05) is 12.9 Å². The summed E-state index contributed by atoms with van der Waals surface area (Å²) in [7, 11) is 1.61. The standard InChI is InChI=1S/C11H12N4O2S/c1-8(16)7-18-11-12-13-14-15(11)9-3-5-10(17-2)6-4-9/h3-6H,7H2,1-2H3. The van der Waals surface area contributed by atoms with Crippen molar-refractivity contribution in [3.05, 3.63) is 24.3 Å². The number of Topliss-reactive ketones (excluding diaryl/α,β-unsaturated/α-hetero) is 1. The fourth-order valence-electron chi connectivity index (χ4n) is 1.32. The van der Waals surface area contributed by atoms with Crippen LogP contribution in [0.25, 0.3) is 5.69 Å². The lowest BCUT2D eigenvalue weighted by Gasteiger charge is -2.04. The molecule has 6 nitrogen and oxygen atoms in total. The monoisotopic (exact) mass is 264 g/mol. The molecule has 0 aliphatic rings. The van der Waals surface area contributed by atoms with Gasteiger partial charge < -0.3 is 4.74 Å². The summed E-state index contributed by atoms with van der Waals surface area (Å²) < 4.78 is 6.68. The Kier molecular flexibility index (Phi) is 3.93. The molecule has 0 aliphatic heterocycles. The third kappa shape index (κ3) is 2.86. The number of hydrogen-bond donors (Lipinski definition) is 0. The molecule has 0 saturated carbocycles. The first-order valence-corrected chi connectivity index (χ1v) is 6.24. The van der Waals surface area contributed by atoms with Crippen LogP contribution in [-0.2, 0) is 4.79 Å². The molecule has 1 aromatic carbocycles. The molecule has 0 unspecified atom stereocenters. The Morgan fingerprint density at radius 1 is 1.39 bits per heavy atom. The van der Waals surface area contributed by atoms with Crippen molar-refractivity contribution < 1.29 is 9.53 Å². The number of rotatable bonds is 5. The normalized spacial score (nSPS) is 10.3. The Morgan fingerprint density at radius 3 is 2.72 bits per heavy atom. The minimum absolute atomic E-state index is 0.0873. The Labute approximate surface area is 108 Å². The van der Waals surface area contributed by atoms with Crippen LogP contribution in [0.15, 0.2) is 29.4 Å². The molecule has 2 aromatic rings. The number of ether oxygens (including phenoxy) is 1. The third-order valence-electron chi connectivity index (χ3n) is 2.16. The average Bonchev–Trinajstić information content (AvgIpc) is 2.85. The van der Waals surface area contributed by atoms with E-state index < -0.39 is 0 Å². The maximum Gasteiger partial charge on any atom is 0.214 e. The molecule has 0 saturated heterocycles. The highest BCUT2D eigenvalue weighted by Gasteiger charge is 2.09. The zero-order valence-electron chi connectivity index (χ0n) is 10.0. The number of ketones is 1. The van der Waals surface area contributed by atoms with Gasteiger partial charge in [-0.25, -0.2) is 0 Å². The van der Waals surface area contributed by atoms with Crippen LogP contribution >= 0.6 is 11.8 Å². The number of thioether (sulfide) groups is 1. The smallest absolute Gasteiger partial charge is 0.214 e. The van der Waals surface area contributed by atoms with Gasteiger partial charge in [-0.1, -0.05) is 11.8 Å². The van der Waals surface area contributed by atoms with Gasteiger partial charge in [-0.3, -0.25) is 4.79 Å². The van der Waals surface area contributed by atoms with Crippen LogP contribution < -0.4 is 4.74 Å². The van der Waals surface area contributed by atoms with E-state index in [9.17, 15) is 4.79 Å². The lowest BCUT2D eigenvalue weighted by Crippen LogP contribution is -2.01. The summed E-state index contributed by atoms with van der Waals surface area (Å²) in [5, 5.41) is 12.0. The van der Waals surface area contributed by atoms with Crippen LogP contribution in [0.2, 0.25) is 0 Å². The number of aromatic nitrogens is 4. The van der Waals surface area contributed by atoms with Crippen LogP contribution in [0.1, 0.15) is 6.92 Å². The summed E-state index contributed by atoms with van der Waals surface area (Å²) in [6.07, 6.45) is 0. The maximum atomic E-state index is 11.0. The third-order valence-corrected chi connectivity index (χ3v) is 3.23. The number of benzene rings is 1. The van der Waals surface area contributed by atoms with E-state index in [1.165, 1.54) is 18.7 Å². The summed E-state index contributed by atoms with van der Waals surface area (Å²) >= 11 is 1.31. The first-order valence-electron chi connectivity index (χ1n) is 5.26. The molecule has 0 bridgehead atoms. The van der Waals surface area contributed by atoms with E-state index in [1.807, 2.05) is 24.3 Å². The van der Waals surface area contributed by atoms with Crippen molar-refractivity contribution >= 4 is 17.5 Å². The highest BCUT2D eigenvalue weighted by Crippen LogP contribution is 2.20. The molecule has 2 rings (SSSR count). The number of carbonyl (C=O) groups excluding carboxylic acids is 1. The highest BCUT2D eigenvalue weighted by molar-refractivity contribution is 7.99. The lowest BCUT2D eigenvalue weighted by atomic mass is 10.3. The zero-order valence-corrected chi connectivity index (χ0v) is 10.8. The van der Waals surface area contributed by atoms with Gasteiger partial charge in [0.25, 0.3) is 0 Å². The molecular weight excluding hydrogens is 252 g/mol. The van der Waals surface area contributed by atoms with Gasteiger partial charge in [-0.15, -0.1) is 5.10 Å². The zero-order chi connectivity index (χ0) is 13.0. The molecule has 18 heavy (non-hydrogen) atoms. The van der Waals surface area contributed by atoms with Gasteiger partial charge in [0, 0.05) is 0 Å². The molecule has 0 fully saturated rings. The lowest BCUT2D eigenvalue weighted by molar-refractivity contribution is -0.114. The van der Waals surface area contributed by atoms with Crippen molar-refractivity contribution in [1.29, 1.82) is 0 Å². The second kappa shape index (κ2) is 5.63. The van der Waals surface area contributed by atoms with Gasteiger partial charge in [0.1, 0.15) is 11.5 Å². The Balaban J connectivity index is 2.21. The van der Waals surface area contributed by atoms with Gasteiger partial charge in [0.15, 0.2) is 0 Å². The van der Waals surface area contributed by atoms with Crippen LogP contribution in [0.5, 0.6) is 5.75 Å². The summed E-state index contributed by atoms with van der Waals surface area (Å²) in [5.41, 5.74) is 0.826. The van der Waals surface area contributed by atoms with E-state index in [4.69, 9.17) is 4.74 Å². The molecule has 1 heterocycles. The minimum atomic E-state index is 0.0873. The van der Waals surface area contributed by atoms with Gasteiger partial charge >= 0.3 is 0 Å². The van der Waals surface area contributed by atoms with E-state index >= 15 is 0 Å². The SMILES string of the molecule is COc1ccc(-n2nnnc2SCC(C)=O)cc1. The molecule has 0 radical (unpaired) electrons. The quantitative estimate of drug-likeness (QED) is 0.759. The van der Waals surface area contributed by atoms with Crippen LogP contribution in [0.3, 0.4) is 0 Å². The summed E-state index contributed by atoms with van der Waals surface area (Å²) in [6.45, 7) is 1.54. The van der Waals surface area contributed by atoms with E-state index in [-0.39, 0.29) is 5.78 Å². The van der Waals surface area contributed by atoms with E-state index in [0.717, 1.165) is 11.4 Å². The number of methoxy groups -OCH3 is 1. The predicted molar refractivity (Wildman–Crippen MR) is 67.1 cm³/mol. The summed E-state index contributed by atoms with van der Waals surface area (Å²) in [6, 6.07) is 7.37. The van der Waals surface area contributed by atoms with E-state index in [0.29, 0.717) is 10.9 Å². The largest absolute Gasteiger partial charge is 0.497 e. The van der Waals surface area contributed by atoms with Crippen molar-refractivity contribution in [2.24, 2.45) is 0 Å². The Bertz CT molecular complexity index is 538. The molecule has 0 spiro atoms. The highest BCUT2D eigenvalue weighted by atomic mass is 32.2. The number of nitrogens with zero attached hydrogens (tertiary/aromatic N) is 4. The van der Waals surface area contributed by atoms with E-state index in [1.54, 1.807) is 11.8 Å². The number of tetrazole rings is 1. The van der Waals surface area contributed by atoms with Gasteiger partial charge in [0.2, 0.25) is 5.16 Å². The summed E-state index contributed by atoms with van der Waals surface area (Å²) in [5.74, 6) is 1.21. The molecule has 0 atom stereocenters. The minimum Gasteiger partial charge on any atom is -0.497 e. The fraction of sp³-hybridized carbons (Fsp3) is 0.273. The van der Waals surface area contributed by atoms with Crippen LogP contribution in [0.4, 0.5) is 0 Å². The molecule has 0 amide bonds. The molecular formula is C11H12N4O2S. The predicted octanol–water partition coefficient (Wildman–Crippen LogP) is 1.35. The molecule has 0 aliphatic carbocycles. The molecule has 1 aromatic heterocycles. The first kappa shape index (κ1) is 12.6. The van der Waals surface area contributed by atoms with Crippen molar-refractivity contribution in [3.63, 3.8) is 0 Å². The summed E-state index contributed by atoms with van der Waals surface area (Å²) in [4.78, 5) is 11.0. The fourth-order valence-corrected chi connectivity index (χ4v) is 2.01. The van der Waals surface area contributed by atoms with Crippen molar-refractivity contribution in [2.45, 2.75) is 12.1 Å². The number of hydrogen-bond acceptors (Lipinski definition) is 6. The van der Waals surface area contributed by atoms with Crippen LogP contribution in [0, 0.1) is 0 Å². The topological polar surface area (TPSA) is 69.9 Å². The van der Waals surface area contributed by atoms with Gasteiger partial charge in [0.05, 0.1) is 18.6 Å². The van der Waals surface area contributed by atoms with Gasteiger partial charge in [-0.2, -0.15) is 4.68 Å². The second-order valence-corrected chi connectivity index (χ2v) is 4.50. The van der Waals surface area contributed by atoms with Crippen molar-refractivity contribution in [1.82, 2.24) is 20.2 Å². The van der Waals surface area contributed by atoms with E-state index in [2.05, 4.69) is 15.5 Å². The Morgan fingerprint density at radius 2 is 2.11 bits per heavy atom. The molecule has 94 valence electrons. The van der Waals surface area contributed by atoms with Crippen LogP contribution in [-0.4, -0.2) is 38.9 Å². The van der Waals surface area contributed by atoms with Gasteiger partial charge in [-0.05, 0) is 41.6 Å².